The fourth-order valence-corrected chi connectivity index (χ4v) is 3.34. The second kappa shape index (κ2) is 5.72. The molecule has 0 aliphatic carbocycles. The van der Waals surface area contributed by atoms with Crippen molar-refractivity contribution in [2.75, 3.05) is 26.2 Å². The van der Waals surface area contributed by atoms with E-state index < -0.39 is 17.1 Å². The third-order valence-corrected chi connectivity index (χ3v) is 4.76. The Morgan fingerprint density at radius 1 is 1.18 bits per heavy atom. The molecule has 2 saturated heterocycles. The fourth-order valence-electron chi connectivity index (χ4n) is 3.34. The Hall–Kier alpha value is -1.30. The Labute approximate surface area is 132 Å². The summed E-state index contributed by atoms with van der Waals surface area (Å²) in [5.74, 6) is 0.304. The molecule has 22 heavy (non-hydrogen) atoms. The molecule has 126 valence electrons. The number of aliphatic carboxylic acids is 1. The van der Waals surface area contributed by atoms with Gasteiger partial charge in [-0.15, -0.1) is 0 Å². The second-order valence-corrected chi connectivity index (χ2v) is 7.99. The van der Waals surface area contributed by atoms with Crippen molar-refractivity contribution >= 4 is 12.1 Å². The molecule has 0 saturated carbocycles. The molecule has 2 fully saturated rings. The molecule has 0 spiro atoms. The smallest absolute Gasteiger partial charge is 0.410 e. The van der Waals surface area contributed by atoms with Crippen molar-refractivity contribution in [3.8, 4) is 0 Å². The van der Waals surface area contributed by atoms with Gasteiger partial charge in [0.1, 0.15) is 5.60 Å². The van der Waals surface area contributed by atoms with Crippen LogP contribution in [-0.4, -0.2) is 64.3 Å². The van der Waals surface area contributed by atoms with Crippen LogP contribution in [-0.2, 0) is 9.53 Å². The molecule has 2 rings (SSSR count). The Kier molecular flexibility index (Phi) is 4.44. The quantitative estimate of drug-likeness (QED) is 0.863. The van der Waals surface area contributed by atoms with E-state index in [1.807, 2.05) is 20.8 Å². The molecule has 2 unspecified atom stereocenters. The minimum Gasteiger partial charge on any atom is -0.481 e. The van der Waals surface area contributed by atoms with Gasteiger partial charge in [-0.2, -0.15) is 0 Å². The van der Waals surface area contributed by atoms with E-state index in [1.54, 1.807) is 4.90 Å². The number of likely N-dealkylation sites (tertiary alicyclic amines) is 2. The average molecular weight is 312 g/mol. The van der Waals surface area contributed by atoms with E-state index in [9.17, 15) is 14.7 Å². The molecule has 0 aromatic heterocycles. The Morgan fingerprint density at radius 3 is 2.09 bits per heavy atom. The number of nitrogens with zero attached hydrogens (tertiary/aromatic N) is 2. The monoisotopic (exact) mass is 312 g/mol. The molecular formula is C16H28N2O4. The number of hydrogen-bond donors (Lipinski definition) is 1. The van der Waals surface area contributed by atoms with Crippen molar-refractivity contribution in [2.24, 2.45) is 11.8 Å². The van der Waals surface area contributed by atoms with E-state index in [0.717, 1.165) is 13.1 Å². The second-order valence-electron chi connectivity index (χ2n) is 7.99. The van der Waals surface area contributed by atoms with Crippen molar-refractivity contribution in [1.29, 1.82) is 0 Å². The molecule has 0 bridgehead atoms. The summed E-state index contributed by atoms with van der Waals surface area (Å²) in [5.41, 5.74) is -0.958. The zero-order valence-corrected chi connectivity index (χ0v) is 14.3. The summed E-state index contributed by atoms with van der Waals surface area (Å²) in [5, 5.41) is 9.26. The predicted molar refractivity (Wildman–Crippen MR) is 82.7 cm³/mol. The summed E-state index contributed by atoms with van der Waals surface area (Å²) in [6.07, 6.45) is -0.278. The summed E-state index contributed by atoms with van der Waals surface area (Å²) in [7, 11) is 0. The summed E-state index contributed by atoms with van der Waals surface area (Å²) >= 11 is 0. The SMILES string of the molecule is CC1CN(C2(CC(=O)O)CN(C(=O)OC(C)(C)C)C2)CC1C. The number of rotatable bonds is 3. The van der Waals surface area contributed by atoms with Crippen molar-refractivity contribution in [3.63, 3.8) is 0 Å². The van der Waals surface area contributed by atoms with Crippen molar-refractivity contribution in [2.45, 2.75) is 52.2 Å². The highest BCUT2D eigenvalue weighted by atomic mass is 16.6. The number of ether oxygens (including phenoxy) is 1. The van der Waals surface area contributed by atoms with Crippen LogP contribution >= 0.6 is 0 Å². The first-order valence-corrected chi connectivity index (χ1v) is 7.97. The number of hydrogen-bond acceptors (Lipinski definition) is 4. The minimum absolute atomic E-state index is 0.0751. The lowest BCUT2D eigenvalue weighted by Crippen LogP contribution is -2.71. The van der Waals surface area contributed by atoms with Crippen LogP contribution in [0.2, 0.25) is 0 Å². The molecule has 2 aliphatic heterocycles. The largest absolute Gasteiger partial charge is 0.481 e. The van der Waals surface area contributed by atoms with Crippen LogP contribution in [0, 0.1) is 11.8 Å². The van der Waals surface area contributed by atoms with Gasteiger partial charge < -0.3 is 14.7 Å². The third-order valence-electron chi connectivity index (χ3n) is 4.76. The van der Waals surface area contributed by atoms with Gasteiger partial charge in [0.05, 0.1) is 12.0 Å². The highest BCUT2D eigenvalue weighted by molar-refractivity contribution is 5.73. The van der Waals surface area contributed by atoms with Gasteiger partial charge in [0, 0.05) is 26.2 Å². The molecule has 6 nitrogen and oxygen atoms in total. The summed E-state index contributed by atoms with van der Waals surface area (Å²) in [6.45, 7) is 12.6. The van der Waals surface area contributed by atoms with Gasteiger partial charge >= 0.3 is 12.1 Å². The first-order chi connectivity index (χ1) is 10.0. The molecule has 0 aromatic rings. The van der Waals surface area contributed by atoms with Gasteiger partial charge in [-0.1, -0.05) is 13.8 Å². The maximum Gasteiger partial charge on any atom is 0.410 e. The summed E-state index contributed by atoms with van der Waals surface area (Å²) in [4.78, 5) is 27.2. The van der Waals surface area contributed by atoms with E-state index in [1.165, 1.54) is 0 Å². The topological polar surface area (TPSA) is 70.1 Å². The van der Waals surface area contributed by atoms with Crippen molar-refractivity contribution in [3.05, 3.63) is 0 Å². The zero-order chi connectivity index (χ0) is 16.7. The van der Waals surface area contributed by atoms with Gasteiger partial charge in [0.25, 0.3) is 0 Å². The van der Waals surface area contributed by atoms with E-state index in [-0.39, 0.29) is 12.5 Å². The van der Waals surface area contributed by atoms with E-state index in [4.69, 9.17) is 4.74 Å². The van der Waals surface area contributed by atoms with Gasteiger partial charge in [-0.25, -0.2) is 4.79 Å². The zero-order valence-electron chi connectivity index (χ0n) is 14.3. The molecule has 0 aromatic carbocycles. The normalized spacial score (nSPS) is 28.3. The summed E-state index contributed by atoms with van der Waals surface area (Å²) in [6, 6.07) is 0. The maximum absolute atomic E-state index is 12.1. The van der Waals surface area contributed by atoms with E-state index >= 15 is 0 Å². The Morgan fingerprint density at radius 2 is 1.68 bits per heavy atom. The molecule has 0 radical (unpaired) electrons. The molecular weight excluding hydrogens is 284 g/mol. The lowest BCUT2D eigenvalue weighted by molar-refractivity contribution is -0.145. The summed E-state index contributed by atoms with van der Waals surface area (Å²) < 4.78 is 5.37. The van der Waals surface area contributed by atoms with Gasteiger partial charge in [-0.05, 0) is 32.6 Å². The number of carboxylic acids is 1. The van der Waals surface area contributed by atoms with Crippen LogP contribution in [0.5, 0.6) is 0 Å². The lowest BCUT2D eigenvalue weighted by Gasteiger charge is -2.54. The van der Waals surface area contributed by atoms with Crippen molar-refractivity contribution in [1.82, 2.24) is 9.80 Å². The van der Waals surface area contributed by atoms with Crippen LogP contribution in [0.1, 0.15) is 41.0 Å². The first-order valence-electron chi connectivity index (χ1n) is 7.97. The van der Waals surface area contributed by atoms with Crippen LogP contribution in [0.4, 0.5) is 4.79 Å². The van der Waals surface area contributed by atoms with Gasteiger partial charge in [0.15, 0.2) is 0 Å². The van der Waals surface area contributed by atoms with Crippen LogP contribution in [0.25, 0.3) is 0 Å². The van der Waals surface area contributed by atoms with Crippen LogP contribution in [0.3, 0.4) is 0 Å². The number of amides is 1. The molecule has 1 amide bonds. The van der Waals surface area contributed by atoms with Crippen LogP contribution in [0.15, 0.2) is 0 Å². The highest BCUT2D eigenvalue weighted by Gasteiger charge is 2.53. The third kappa shape index (κ3) is 3.54. The Balaban J connectivity index is 2.03. The number of carboxylic acid groups (broad SMARTS) is 1. The van der Waals surface area contributed by atoms with E-state index in [2.05, 4.69) is 18.7 Å². The fraction of sp³-hybridized carbons (Fsp3) is 0.875. The number of carbonyl (C=O) groups excluding carboxylic acids is 1. The molecule has 2 atom stereocenters. The highest BCUT2D eigenvalue weighted by Crippen LogP contribution is 2.37. The average Bonchev–Trinajstić information content (AvgIpc) is 2.61. The first kappa shape index (κ1) is 17.1. The van der Waals surface area contributed by atoms with Gasteiger partial charge in [0.2, 0.25) is 0 Å². The predicted octanol–water partition coefficient (Wildman–Crippen LogP) is 2.04. The Bertz CT molecular complexity index is 442. The van der Waals surface area contributed by atoms with Gasteiger partial charge in [-0.3, -0.25) is 9.69 Å². The standard InChI is InChI=1S/C16H28N2O4/c1-11-7-18(8-12(11)2)16(6-13(19)20)9-17(10-16)14(21)22-15(3,4)5/h11-12H,6-10H2,1-5H3,(H,19,20). The van der Waals surface area contributed by atoms with Crippen LogP contribution < -0.4 is 0 Å². The van der Waals surface area contributed by atoms with Crippen molar-refractivity contribution < 1.29 is 19.4 Å². The molecule has 6 heteroatoms. The van der Waals surface area contributed by atoms with E-state index in [0.29, 0.717) is 24.9 Å². The molecule has 2 heterocycles. The molecule has 1 N–H and O–H groups in total. The molecule has 2 aliphatic rings. The lowest BCUT2D eigenvalue weighted by atomic mass is 9.84. The number of carbonyl (C=O) groups is 2. The maximum atomic E-state index is 12.1. The minimum atomic E-state index is -0.809.